The number of thiazole rings is 1. The summed E-state index contributed by atoms with van der Waals surface area (Å²) in [6.45, 7) is 4.60. The average molecular weight is 364 g/mol. The van der Waals surface area contributed by atoms with E-state index in [1.54, 1.807) is 41.7 Å². The van der Waals surface area contributed by atoms with Crippen molar-refractivity contribution in [1.82, 2.24) is 10.3 Å². The molecule has 3 rings (SSSR count). The van der Waals surface area contributed by atoms with E-state index >= 15 is 0 Å². The zero-order valence-corrected chi connectivity index (χ0v) is 15.2. The zero-order chi connectivity index (χ0) is 18.2. The molecule has 3 aromatic rings. The van der Waals surface area contributed by atoms with Gasteiger partial charge in [-0.3, -0.25) is 4.79 Å². The van der Waals surface area contributed by atoms with Gasteiger partial charge in [0.1, 0.15) is 17.4 Å². The summed E-state index contributed by atoms with van der Waals surface area (Å²) < 4.78 is 5.41. The molecule has 0 aliphatic heterocycles. The Balaban J connectivity index is 1.49. The molecule has 5 heteroatoms. The van der Waals surface area contributed by atoms with Crippen molar-refractivity contribution in [2.45, 2.75) is 6.42 Å². The topological polar surface area (TPSA) is 51.2 Å². The predicted octanol–water partition coefficient (Wildman–Crippen LogP) is 4.35. The molecule has 0 fully saturated rings. The van der Waals surface area contributed by atoms with Crippen LogP contribution in [-0.4, -0.2) is 24.0 Å². The van der Waals surface area contributed by atoms with E-state index < -0.39 is 0 Å². The van der Waals surface area contributed by atoms with E-state index in [1.807, 2.05) is 35.7 Å². The summed E-state index contributed by atoms with van der Waals surface area (Å²) in [5, 5.41) is 5.97. The first-order chi connectivity index (χ1) is 12.8. The first kappa shape index (κ1) is 17.9. The van der Waals surface area contributed by atoms with Crippen molar-refractivity contribution in [3.8, 4) is 16.3 Å². The van der Waals surface area contributed by atoms with Gasteiger partial charge in [0.25, 0.3) is 5.91 Å². The Bertz CT molecular complexity index is 857. The molecular formula is C21H20N2O2S. The van der Waals surface area contributed by atoms with E-state index in [2.05, 4.69) is 16.9 Å². The summed E-state index contributed by atoms with van der Waals surface area (Å²) in [6, 6.07) is 17.2. The lowest BCUT2D eigenvalue weighted by molar-refractivity contribution is 0.0954. The minimum atomic E-state index is -0.0983. The number of hydrogen-bond donors (Lipinski definition) is 1. The van der Waals surface area contributed by atoms with Gasteiger partial charge in [0, 0.05) is 29.5 Å². The van der Waals surface area contributed by atoms with Crippen LogP contribution >= 0.6 is 11.3 Å². The van der Waals surface area contributed by atoms with Gasteiger partial charge < -0.3 is 10.1 Å². The molecule has 2 aromatic carbocycles. The first-order valence-corrected chi connectivity index (χ1v) is 9.26. The Morgan fingerprint density at radius 3 is 2.65 bits per heavy atom. The number of carbonyl (C=O) groups excluding carboxylic acids is 1. The van der Waals surface area contributed by atoms with Crippen molar-refractivity contribution in [1.29, 1.82) is 0 Å². The van der Waals surface area contributed by atoms with E-state index in [9.17, 15) is 4.79 Å². The van der Waals surface area contributed by atoms with Crippen LogP contribution in [0.25, 0.3) is 10.6 Å². The third-order valence-corrected chi connectivity index (χ3v) is 4.66. The van der Waals surface area contributed by atoms with Crippen molar-refractivity contribution < 1.29 is 9.53 Å². The van der Waals surface area contributed by atoms with Gasteiger partial charge in [-0.2, -0.15) is 0 Å². The number of nitrogens with one attached hydrogen (secondary N) is 1. The molecule has 4 nitrogen and oxygen atoms in total. The number of nitrogens with zero attached hydrogens (tertiary/aromatic N) is 1. The Kier molecular flexibility index (Phi) is 6.17. The number of rotatable bonds is 8. The van der Waals surface area contributed by atoms with Crippen molar-refractivity contribution >= 4 is 17.2 Å². The van der Waals surface area contributed by atoms with E-state index in [-0.39, 0.29) is 5.91 Å². The molecule has 0 unspecified atom stereocenters. The molecule has 0 saturated heterocycles. The molecule has 0 aliphatic rings. The molecule has 132 valence electrons. The molecule has 26 heavy (non-hydrogen) atoms. The second-order valence-corrected chi connectivity index (χ2v) is 6.50. The van der Waals surface area contributed by atoms with Gasteiger partial charge in [-0.25, -0.2) is 4.98 Å². The normalized spacial score (nSPS) is 10.3. The van der Waals surface area contributed by atoms with Crippen LogP contribution < -0.4 is 10.1 Å². The van der Waals surface area contributed by atoms with Crippen molar-refractivity contribution in [3.63, 3.8) is 0 Å². The number of carbonyl (C=O) groups is 1. The second-order valence-electron chi connectivity index (χ2n) is 5.64. The van der Waals surface area contributed by atoms with E-state index in [0.29, 0.717) is 25.1 Å². The molecule has 1 aromatic heterocycles. The van der Waals surface area contributed by atoms with Crippen LogP contribution in [0, 0.1) is 0 Å². The van der Waals surface area contributed by atoms with Crippen molar-refractivity contribution in [2.24, 2.45) is 0 Å². The second kappa shape index (κ2) is 8.97. The summed E-state index contributed by atoms with van der Waals surface area (Å²) in [5.41, 5.74) is 2.72. The molecule has 1 heterocycles. The van der Waals surface area contributed by atoms with Crippen molar-refractivity contribution in [3.05, 3.63) is 83.9 Å². The molecule has 0 aliphatic carbocycles. The molecule has 0 atom stereocenters. The van der Waals surface area contributed by atoms with Crippen LogP contribution in [0.4, 0.5) is 0 Å². The van der Waals surface area contributed by atoms with E-state index in [0.717, 1.165) is 22.0 Å². The maximum atomic E-state index is 12.2. The van der Waals surface area contributed by atoms with Gasteiger partial charge in [0.15, 0.2) is 0 Å². The highest BCUT2D eigenvalue weighted by molar-refractivity contribution is 7.13. The summed E-state index contributed by atoms with van der Waals surface area (Å²) in [5.74, 6) is 0.621. The number of hydrogen-bond acceptors (Lipinski definition) is 4. The van der Waals surface area contributed by atoms with Crippen LogP contribution in [-0.2, 0) is 6.42 Å². The monoisotopic (exact) mass is 364 g/mol. The third-order valence-electron chi connectivity index (χ3n) is 3.72. The molecular weight excluding hydrogens is 344 g/mol. The number of amides is 1. The van der Waals surface area contributed by atoms with Gasteiger partial charge in [-0.05, 0) is 24.3 Å². The number of ether oxygens (including phenoxy) is 1. The zero-order valence-electron chi connectivity index (χ0n) is 14.4. The summed E-state index contributed by atoms with van der Waals surface area (Å²) >= 11 is 1.62. The lowest BCUT2D eigenvalue weighted by Gasteiger charge is -2.06. The highest BCUT2D eigenvalue weighted by Gasteiger charge is 2.07. The number of benzene rings is 2. The van der Waals surface area contributed by atoms with Gasteiger partial charge in [0.05, 0.1) is 5.69 Å². The molecule has 0 saturated carbocycles. The SMILES string of the molecule is C=CCOc1ccc(C(=O)NCCc2csc(-c3ccccc3)n2)cc1. The maximum absolute atomic E-state index is 12.2. The molecule has 0 spiro atoms. The number of aromatic nitrogens is 1. The summed E-state index contributed by atoms with van der Waals surface area (Å²) in [6.07, 6.45) is 2.39. The van der Waals surface area contributed by atoms with Gasteiger partial charge in [0.2, 0.25) is 0 Å². The fourth-order valence-electron chi connectivity index (χ4n) is 2.40. The largest absolute Gasteiger partial charge is 0.490 e. The highest BCUT2D eigenvalue weighted by atomic mass is 32.1. The quantitative estimate of drug-likeness (QED) is 0.605. The highest BCUT2D eigenvalue weighted by Crippen LogP contribution is 2.23. The lowest BCUT2D eigenvalue weighted by Crippen LogP contribution is -2.25. The standard InChI is InChI=1S/C21H20N2O2S/c1-2-14-25-19-10-8-16(9-11-19)20(24)22-13-12-18-15-26-21(23-18)17-6-4-3-5-7-17/h2-11,15H,1,12-14H2,(H,22,24). The van der Waals surface area contributed by atoms with Gasteiger partial charge >= 0.3 is 0 Å². The summed E-state index contributed by atoms with van der Waals surface area (Å²) in [4.78, 5) is 16.8. The van der Waals surface area contributed by atoms with E-state index in [1.165, 1.54) is 0 Å². The minimum absolute atomic E-state index is 0.0983. The van der Waals surface area contributed by atoms with Crippen LogP contribution in [0.1, 0.15) is 16.1 Å². The minimum Gasteiger partial charge on any atom is -0.490 e. The van der Waals surface area contributed by atoms with E-state index in [4.69, 9.17) is 4.74 Å². The fourth-order valence-corrected chi connectivity index (χ4v) is 3.26. The Labute approximate surface area is 157 Å². The lowest BCUT2D eigenvalue weighted by atomic mass is 10.2. The molecule has 1 N–H and O–H groups in total. The molecule has 0 bridgehead atoms. The van der Waals surface area contributed by atoms with Crippen LogP contribution in [0.2, 0.25) is 0 Å². The Hall–Kier alpha value is -2.92. The first-order valence-electron chi connectivity index (χ1n) is 8.38. The van der Waals surface area contributed by atoms with Gasteiger partial charge in [-0.15, -0.1) is 11.3 Å². The van der Waals surface area contributed by atoms with Gasteiger partial charge in [-0.1, -0.05) is 43.0 Å². The maximum Gasteiger partial charge on any atom is 0.251 e. The average Bonchev–Trinajstić information content (AvgIpc) is 3.16. The third kappa shape index (κ3) is 4.80. The molecule has 0 radical (unpaired) electrons. The van der Waals surface area contributed by atoms with Crippen molar-refractivity contribution in [2.75, 3.05) is 13.2 Å². The van der Waals surface area contributed by atoms with Crippen LogP contribution in [0.15, 0.2) is 72.6 Å². The van der Waals surface area contributed by atoms with Crippen LogP contribution in [0.5, 0.6) is 5.75 Å². The fraction of sp³-hybridized carbons (Fsp3) is 0.143. The Morgan fingerprint density at radius 1 is 1.15 bits per heavy atom. The predicted molar refractivity (Wildman–Crippen MR) is 106 cm³/mol. The Morgan fingerprint density at radius 2 is 1.92 bits per heavy atom. The summed E-state index contributed by atoms with van der Waals surface area (Å²) in [7, 11) is 0. The van der Waals surface area contributed by atoms with Crippen LogP contribution in [0.3, 0.4) is 0 Å². The smallest absolute Gasteiger partial charge is 0.251 e. The molecule has 1 amide bonds.